The molecule has 0 unspecified atom stereocenters. The molecule has 0 radical (unpaired) electrons. The third kappa shape index (κ3) is 30.6. The van der Waals surface area contributed by atoms with Crippen molar-refractivity contribution in [1.82, 2.24) is 4.90 Å². The number of rotatable bonds is 27. The lowest BCUT2D eigenvalue weighted by atomic mass is 9.54. The summed E-state index contributed by atoms with van der Waals surface area (Å²) in [6, 6.07) is 80.8. The summed E-state index contributed by atoms with van der Waals surface area (Å²) in [6.07, 6.45) is 30.1. The fraction of sp³-hybridized carbons (Fsp3) is 0.455. The molecule has 9 aromatic rings. The highest BCUT2D eigenvalue weighted by Gasteiger charge is 2.53. The first-order chi connectivity index (χ1) is 53.5. The molecule has 0 spiro atoms. The molecule has 0 aromatic heterocycles. The van der Waals surface area contributed by atoms with Crippen LogP contribution in [0.15, 0.2) is 269 Å². The molecule has 4 bridgehead atoms. The van der Waals surface area contributed by atoms with E-state index < -0.39 is 0 Å². The summed E-state index contributed by atoms with van der Waals surface area (Å²) in [6.45, 7) is 30.7. The van der Waals surface area contributed by atoms with Crippen LogP contribution in [0.4, 0.5) is 0 Å². The zero-order valence-electron chi connectivity index (χ0n) is 72.6. The Hall–Kier alpha value is -5.89. The number of aryl methyl sites for hydroxylation is 4. The van der Waals surface area contributed by atoms with Gasteiger partial charge in [0.05, 0.1) is 58.1 Å². The Labute approximate surface area is 699 Å². The van der Waals surface area contributed by atoms with Crippen LogP contribution in [-0.2, 0) is 85.7 Å². The number of ether oxygens (including phenoxy) is 3. The predicted octanol–water partition coefficient (Wildman–Crippen LogP) is 25.4. The lowest BCUT2D eigenvalue weighted by Gasteiger charge is -2.55. The smallest absolute Gasteiger partial charge is 0.344 e. The first kappa shape index (κ1) is 93.3. The number of unbranched alkanes of at least 4 members (excludes halogenated alkanes) is 3. The van der Waals surface area contributed by atoms with Gasteiger partial charge in [-0.05, 0) is 275 Å². The molecule has 0 aliphatic heterocycles. The van der Waals surface area contributed by atoms with Crippen molar-refractivity contribution in [2.24, 2.45) is 17.8 Å². The van der Waals surface area contributed by atoms with Gasteiger partial charge in [-0.25, -0.2) is 4.79 Å². The maximum absolute atomic E-state index is 12.9. The molecule has 13 rings (SSSR count). The maximum atomic E-state index is 12.9. The van der Waals surface area contributed by atoms with Crippen molar-refractivity contribution in [1.29, 1.82) is 0 Å². The molecule has 4 aliphatic carbocycles. The van der Waals surface area contributed by atoms with Gasteiger partial charge in [-0.3, -0.25) is 0 Å². The molecule has 604 valence electrons. The normalized spacial score (nSPS) is 16.2. The van der Waals surface area contributed by atoms with Crippen molar-refractivity contribution in [3.63, 3.8) is 0 Å². The maximum Gasteiger partial charge on any atom is 0.344 e. The van der Waals surface area contributed by atoms with Crippen LogP contribution in [-0.4, -0.2) is 105 Å². The fourth-order valence-corrected chi connectivity index (χ4v) is 24.5. The molecular weight excluding hydrogens is 1480 g/mol. The molecule has 11 heteroatoms. The van der Waals surface area contributed by atoms with Gasteiger partial charge >= 0.3 is 5.97 Å². The minimum atomic E-state index is -0.219. The van der Waals surface area contributed by atoms with Gasteiger partial charge in [-0.15, -0.1) is 0 Å². The summed E-state index contributed by atoms with van der Waals surface area (Å²) in [4.78, 5) is 27.2. The average molecular weight is 1630 g/mol. The molecule has 0 N–H and O–H groups in total. The van der Waals surface area contributed by atoms with Crippen LogP contribution in [0.2, 0.25) is 0 Å². The molecule has 0 amide bonds. The van der Waals surface area contributed by atoms with Gasteiger partial charge in [0.2, 0.25) is 0 Å². The Morgan fingerprint density at radius 1 is 0.411 bits per heavy atom. The van der Waals surface area contributed by atoms with Crippen LogP contribution in [0.5, 0.6) is 11.5 Å². The van der Waals surface area contributed by atoms with Crippen molar-refractivity contribution < 1.29 is 19.0 Å². The molecular formula is C101H141NO4S6+6. The number of hydrogen-bond acceptors (Lipinski definition) is 5. The largest absolute Gasteiger partial charge is 0.493 e. The van der Waals surface area contributed by atoms with E-state index in [0.717, 1.165) is 90.1 Å². The highest BCUT2D eigenvalue weighted by molar-refractivity contribution is 7.98. The lowest BCUT2D eigenvalue weighted by Crippen LogP contribution is -2.53. The van der Waals surface area contributed by atoms with Gasteiger partial charge in [-0.2, -0.15) is 0 Å². The van der Waals surface area contributed by atoms with Crippen LogP contribution in [0.25, 0.3) is 0 Å². The number of hydrogen-bond donors (Lipinski definition) is 0. The molecule has 5 nitrogen and oxygen atoms in total. The van der Waals surface area contributed by atoms with E-state index in [9.17, 15) is 4.79 Å². The van der Waals surface area contributed by atoms with Crippen molar-refractivity contribution >= 4 is 71.3 Å². The topological polar surface area (TPSA) is 48.0 Å². The molecule has 112 heavy (non-hydrogen) atoms. The summed E-state index contributed by atoms with van der Waals surface area (Å²) in [5, 5.41) is 0. The van der Waals surface area contributed by atoms with Crippen molar-refractivity contribution in [2.75, 3.05) is 88.6 Å². The number of carbonyl (C=O) groups excluding carboxylic acids is 1. The first-order valence-electron chi connectivity index (χ1n) is 41.2. The molecule has 0 heterocycles. The van der Waals surface area contributed by atoms with Gasteiger partial charge < -0.3 is 19.1 Å². The van der Waals surface area contributed by atoms with Crippen molar-refractivity contribution in [2.45, 2.75) is 234 Å². The average Bonchev–Trinajstić information content (AvgIpc) is 0.749. The predicted molar refractivity (Wildman–Crippen MR) is 499 cm³/mol. The van der Waals surface area contributed by atoms with Gasteiger partial charge in [0.25, 0.3) is 0 Å². The van der Waals surface area contributed by atoms with E-state index in [-0.39, 0.29) is 61.7 Å². The van der Waals surface area contributed by atoms with Crippen molar-refractivity contribution in [3.05, 3.63) is 258 Å². The molecule has 0 saturated heterocycles. The van der Waals surface area contributed by atoms with E-state index in [0.29, 0.717) is 21.8 Å². The molecule has 4 aliphatic rings. The van der Waals surface area contributed by atoms with Crippen LogP contribution in [0.3, 0.4) is 0 Å². The SMILES string of the molecule is CCCC[S+](CCCC)CCCC.C[S+](C)C.C[S+](C)c1ccccc1.C[S+](c1ccc(C(C)(C)C)cc1)c1ccc(C(C)(C)C)cc1.Cc1cc([S+](c2ccccc2)c2ccccc2)cc(C)c1OCC(=O)OC12CC3CC(CC(C3)C1)C2.Cc1cc([S+](c2ccccc2)c2ccccc2)cc(C)c1OCCCN(C)C. The summed E-state index contributed by atoms with van der Waals surface area (Å²) >= 11 is 0. The number of benzene rings is 9. The fourth-order valence-electron chi connectivity index (χ4n) is 15.2. The number of nitrogens with zero attached hydrogens (tertiary/aromatic N) is 1. The van der Waals surface area contributed by atoms with Gasteiger partial charge in [0.1, 0.15) is 53.1 Å². The minimum Gasteiger partial charge on any atom is -0.493 e. The zero-order chi connectivity index (χ0) is 81.4. The van der Waals surface area contributed by atoms with Crippen molar-refractivity contribution in [3.8, 4) is 11.5 Å². The third-order valence-corrected chi connectivity index (χ3v) is 30.8. The lowest BCUT2D eigenvalue weighted by molar-refractivity contribution is -0.188. The summed E-state index contributed by atoms with van der Waals surface area (Å²) in [7, 11) is 5.83. The highest BCUT2D eigenvalue weighted by Crippen LogP contribution is 2.57. The first-order valence-corrected chi connectivity index (χ1v) is 51.5. The molecule has 0 atom stereocenters. The summed E-state index contributed by atoms with van der Waals surface area (Å²) in [5.41, 5.74) is 7.55. The standard InChI is InChI=1S/C32H35O3S.C25H30NOS.C21H29S.C12H27S.C8H11S.C3H9S/c1-22-13-29(36(27-9-5-3-6-10-27)28-11-7-4-8-12-28)14-23(2)31(22)34-21-30(33)35-32-18-24-15-25(19-32)17-26(16-24)20-32;1-20-18-24(19-21(2)25(20)27-17-11-16-26(3)4)28(22-12-7-5-8-13-22)23-14-9-6-10-15-23;1-20(2,3)16-8-12-18(13-9-16)22(7)19-14-10-17(11-15-19)21(4,5)6;1-4-7-10-13(11-8-5-2)12-9-6-3;1-9(2)8-6-4-3-5-7-8;1-4(2)3/h3-14,24-26H,15-21H2,1-2H3;5-10,12-15,18-19H,11,16-17H2,1-4H3;8-15H,1-7H3;4-12H2,1-3H3;3-7H,1-2H3;1-3H3/q6*+1. The zero-order valence-corrected chi connectivity index (χ0v) is 77.5. The summed E-state index contributed by atoms with van der Waals surface area (Å²) in [5.74, 6) is 8.41. The van der Waals surface area contributed by atoms with E-state index in [1.807, 2.05) is 0 Å². The Bertz CT molecular complexity index is 3880. The molecule has 4 fully saturated rings. The van der Waals surface area contributed by atoms with Crippen LogP contribution in [0, 0.1) is 45.4 Å². The second kappa shape index (κ2) is 47.4. The Kier molecular flexibility index (Phi) is 39.4. The van der Waals surface area contributed by atoms with E-state index in [1.54, 1.807) is 0 Å². The van der Waals surface area contributed by atoms with E-state index in [1.165, 1.54) is 141 Å². The van der Waals surface area contributed by atoms with Crippen LogP contribution < -0.4 is 9.47 Å². The van der Waals surface area contributed by atoms with Gasteiger partial charge in [0, 0.05) is 41.7 Å². The van der Waals surface area contributed by atoms with E-state index in [4.69, 9.17) is 14.2 Å². The number of carbonyl (C=O) groups is 1. The van der Waals surface area contributed by atoms with Crippen LogP contribution >= 0.6 is 0 Å². The monoisotopic (exact) mass is 1620 g/mol. The Balaban J connectivity index is 0.000000205. The molecule has 9 aromatic carbocycles. The minimum absolute atomic E-state index is 0.0220. The van der Waals surface area contributed by atoms with Crippen LogP contribution in [0.1, 0.15) is 179 Å². The van der Waals surface area contributed by atoms with Gasteiger partial charge in [0.15, 0.2) is 50.7 Å². The molecule has 4 saturated carbocycles. The second-order valence-corrected chi connectivity index (χ2v) is 46.7. The Morgan fingerprint density at radius 2 is 0.714 bits per heavy atom. The van der Waals surface area contributed by atoms with Gasteiger partial charge in [-0.1, -0.05) is 197 Å². The van der Waals surface area contributed by atoms with E-state index >= 15 is 0 Å². The Morgan fingerprint density at radius 3 is 0.991 bits per heavy atom. The van der Waals surface area contributed by atoms with E-state index in [2.05, 4.69) is 371 Å². The number of esters is 1. The third-order valence-electron chi connectivity index (χ3n) is 20.6. The second-order valence-electron chi connectivity index (χ2n) is 33.7. The quantitative estimate of drug-likeness (QED) is 0.0292. The highest BCUT2D eigenvalue weighted by atomic mass is 32.2. The summed E-state index contributed by atoms with van der Waals surface area (Å²) < 4.78 is 18.4.